The molecule has 2 aromatic rings. The van der Waals surface area contributed by atoms with E-state index in [9.17, 15) is 0 Å². The molecule has 0 fully saturated rings. The van der Waals surface area contributed by atoms with Gasteiger partial charge in [-0.25, -0.2) is 9.98 Å². The summed E-state index contributed by atoms with van der Waals surface area (Å²) in [5, 5.41) is 7.75. The standard InChI is InChI=1S/C18H25BrN4O2S.HI/c1-5-20-18(21-7-6-16-22-10-12(2)26-16)23-11-13-8-14(19)17(25-4)15(9-13)24-3;/h8-10H,5-7,11H2,1-4H3,(H2,20,21,23);1H. The van der Waals surface area contributed by atoms with Gasteiger partial charge in [0.05, 0.1) is 30.2 Å². The third kappa shape index (κ3) is 7.46. The number of thiazole rings is 1. The highest BCUT2D eigenvalue weighted by Gasteiger charge is 2.10. The van der Waals surface area contributed by atoms with Crippen molar-refractivity contribution < 1.29 is 9.47 Å². The second kappa shape index (κ2) is 12.4. The molecule has 0 radical (unpaired) electrons. The van der Waals surface area contributed by atoms with E-state index in [4.69, 9.17) is 9.47 Å². The second-order valence-corrected chi connectivity index (χ2v) is 7.72. The van der Waals surface area contributed by atoms with E-state index < -0.39 is 0 Å². The maximum absolute atomic E-state index is 5.39. The molecule has 2 N–H and O–H groups in total. The average molecular weight is 569 g/mol. The van der Waals surface area contributed by atoms with Crippen molar-refractivity contribution in [1.82, 2.24) is 15.6 Å². The summed E-state index contributed by atoms with van der Waals surface area (Å²) in [6.07, 6.45) is 2.79. The van der Waals surface area contributed by atoms with Gasteiger partial charge in [-0.05, 0) is 47.5 Å². The number of benzene rings is 1. The van der Waals surface area contributed by atoms with Crippen LogP contribution in [0.3, 0.4) is 0 Å². The number of hydrogen-bond acceptors (Lipinski definition) is 5. The first kappa shape index (κ1) is 24.0. The van der Waals surface area contributed by atoms with Crippen molar-refractivity contribution in [2.24, 2.45) is 4.99 Å². The molecule has 1 aromatic carbocycles. The molecule has 9 heteroatoms. The molecule has 0 unspecified atom stereocenters. The number of methoxy groups -OCH3 is 2. The number of rotatable bonds is 8. The van der Waals surface area contributed by atoms with Crippen molar-refractivity contribution in [3.8, 4) is 11.5 Å². The zero-order valence-electron chi connectivity index (χ0n) is 16.0. The molecule has 0 atom stereocenters. The van der Waals surface area contributed by atoms with Gasteiger partial charge < -0.3 is 20.1 Å². The third-order valence-electron chi connectivity index (χ3n) is 3.56. The normalized spacial score (nSPS) is 10.9. The van der Waals surface area contributed by atoms with Gasteiger partial charge in [-0.15, -0.1) is 35.3 Å². The van der Waals surface area contributed by atoms with E-state index in [-0.39, 0.29) is 24.0 Å². The van der Waals surface area contributed by atoms with Crippen LogP contribution in [0.25, 0.3) is 0 Å². The predicted octanol–water partition coefficient (Wildman–Crippen LogP) is 4.15. The predicted molar refractivity (Wildman–Crippen MR) is 126 cm³/mol. The summed E-state index contributed by atoms with van der Waals surface area (Å²) in [6.45, 7) is 6.24. The van der Waals surface area contributed by atoms with E-state index >= 15 is 0 Å². The highest BCUT2D eigenvalue weighted by atomic mass is 127. The molecule has 2 rings (SSSR count). The number of aliphatic imine (C=N–C) groups is 1. The molecule has 0 spiro atoms. The number of aryl methyl sites for hydroxylation is 1. The third-order valence-corrected chi connectivity index (χ3v) is 5.12. The Kier molecular flexibility index (Phi) is 11.0. The Morgan fingerprint density at radius 3 is 2.63 bits per heavy atom. The van der Waals surface area contributed by atoms with Gasteiger partial charge in [-0.1, -0.05) is 0 Å². The molecule has 0 aliphatic heterocycles. The minimum atomic E-state index is 0. The summed E-state index contributed by atoms with van der Waals surface area (Å²) in [5.41, 5.74) is 1.03. The smallest absolute Gasteiger partial charge is 0.191 e. The second-order valence-electron chi connectivity index (χ2n) is 5.55. The first-order chi connectivity index (χ1) is 12.6. The summed E-state index contributed by atoms with van der Waals surface area (Å²) in [4.78, 5) is 10.3. The van der Waals surface area contributed by atoms with Crippen molar-refractivity contribution in [3.63, 3.8) is 0 Å². The molecule has 0 amide bonds. The first-order valence-electron chi connectivity index (χ1n) is 8.41. The van der Waals surface area contributed by atoms with Crippen LogP contribution in [-0.2, 0) is 13.0 Å². The molecule has 0 aliphatic carbocycles. The molecule has 1 heterocycles. The van der Waals surface area contributed by atoms with Crippen molar-refractivity contribution in [2.75, 3.05) is 27.3 Å². The van der Waals surface area contributed by atoms with E-state index in [1.807, 2.05) is 25.3 Å². The number of ether oxygens (including phenoxy) is 2. The molecular formula is C18H26BrIN4O2S. The molecule has 0 saturated heterocycles. The van der Waals surface area contributed by atoms with Crippen LogP contribution in [0.5, 0.6) is 11.5 Å². The lowest BCUT2D eigenvalue weighted by atomic mass is 10.2. The molecule has 0 aliphatic rings. The summed E-state index contributed by atoms with van der Waals surface area (Å²) in [7, 11) is 3.25. The highest BCUT2D eigenvalue weighted by Crippen LogP contribution is 2.36. The minimum Gasteiger partial charge on any atom is -0.493 e. The zero-order valence-corrected chi connectivity index (χ0v) is 20.7. The topological polar surface area (TPSA) is 67.8 Å². The Balaban J connectivity index is 0.00000364. The van der Waals surface area contributed by atoms with E-state index in [0.717, 1.165) is 40.5 Å². The Morgan fingerprint density at radius 2 is 2.04 bits per heavy atom. The number of halogens is 2. The van der Waals surface area contributed by atoms with Crippen molar-refractivity contribution in [1.29, 1.82) is 0 Å². The Bertz CT molecular complexity index is 755. The van der Waals surface area contributed by atoms with Crippen LogP contribution in [0, 0.1) is 6.92 Å². The van der Waals surface area contributed by atoms with Crippen LogP contribution >= 0.6 is 51.2 Å². The van der Waals surface area contributed by atoms with Gasteiger partial charge >= 0.3 is 0 Å². The lowest BCUT2D eigenvalue weighted by Crippen LogP contribution is -2.38. The van der Waals surface area contributed by atoms with Crippen LogP contribution < -0.4 is 20.1 Å². The summed E-state index contributed by atoms with van der Waals surface area (Å²) in [5.74, 6) is 2.15. The van der Waals surface area contributed by atoms with Gasteiger partial charge in [0.25, 0.3) is 0 Å². The largest absolute Gasteiger partial charge is 0.493 e. The fraction of sp³-hybridized carbons (Fsp3) is 0.444. The van der Waals surface area contributed by atoms with E-state index in [1.165, 1.54) is 4.88 Å². The first-order valence-corrected chi connectivity index (χ1v) is 10.0. The summed E-state index contributed by atoms with van der Waals surface area (Å²) >= 11 is 5.25. The number of guanidine groups is 1. The lowest BCUT2D eigenvalue weighted by molar-refractivity contribution is 0.352. The SMILES string of the molecule is CCNC(=NCc1cc(Br)c(OC)c(OC)c1)NCCc1ncc(C)s1.I. The fourth-order valence-corrected chi connectivity index (χ4v) is 3.82. The van der Waals surface area contributed by atoms with Gasteiger partial charge in [0.2, 0.25) is 0 Å². The van der Waals surface area contributed by atoms with Crippen LogP contribution in [0.2, 0.25) is 0 Å². The molecule has 150 valence electrons. The van der Waals surface area contributed by atoms with E-state index in [2.05, 4.69) is 43.5 Å². The molecule has 1 aromatic heterocycles. The zero-order chi connectivity index (χ0) is 18.9. The molecule has 0 bridgehead atoms. The molecule has 0 saturated carbocycles. The van der Waals surface area contributed by atoms with E-state index in [1.54, 1.807) is 25.6 Å². The summed E-state index contributed by atoms with van der Waals surface area (Å²) in [6, 6.07) is 3.93. The van der Waals surface area contributed by atoms with E-state index in [0.29, 0.717) is 18.0 Å². The van der Waals surface area contributed by atoms with Gasteiger partial charge in [0, 0.05) is 30.6 Å². The number of nitrogens with one attached hydrogen (secondary N) is 2. The molecule has 27 heavy (non-hydrogen) atoms. The minimum absolute atomic E-state index is 0. The lowest BCUT2D eigenvalue weighted by Gasteiger charge is -2.13. The molecular weight excluding hydrogens is 543 g/mol. The van der Waals surface area contributed by atoms with Gasteiger partial charge in [0.15, 0.2) is 17.5 Å². The quantitative estimate of drug-likeness (QED) is 0.284. The Hall–Kier alpha value is -1.07. The molecule has 6 nitrogen and oxygen atoms in total. The van der Waals surface area contributed by atoms with Gasteiger partial charge in [-0.2, -0.15) is 0 Å². The van der Waals surface area contributed by atoms with Crippen molar-refractivity contribution >= 4 is 57.2 Å². The Morgan fingerprint density at radius 1 is 1.26 bits per heavy atom. The monoisotopic (exact) mass is 568 g/mol. The van der Waals surface area contributed by atoms with Crippen LogP contribution in [-0.4, -0.2) is 38.3 Å². The fourth-order valence-electron chi connectivity index (χ4n) is 2.38. The Labute approximate surface area is 190 Å². The number of nitrogens with zero attached hydrogens (tertiary/aromatic N) is 2. The number of aromatic nitrogens is 1. The van der Waals surface area contributed by atoms with Crippen molar-refractivity contribution in [3.05, 3.63) is 38.3 Å². The van der Waals surface area contributed by atoms with Crippen LogP contribution in [0.4, 0.5) is 0 Å². The summed E-state index contributed by atoms with van der Waals surface area (Å²) < 4.78 is 11.6. The average Bonchev–Trinajstić information content (AvgIpc) is 3.04. The van der Waals surface area contributed by atoms with Crippen molar-refractivity contribution in [2.45, 2.75) is 26.8 Å². The van der Waals surface area contributed by atoms with Crippen LogP contribution in [0.15, 0.2) is 27.8 Å². The maximum atomic E-state index is 5.39. The van der Waals surface area contributed by atoms with Gasteiger partial charge in [-0.3, -0.25) is 0 Å². The van der Waals surface area contributed by atoms with Crippen LogP contribution in [0.1, 0.15) is 22.4 Å². The highest BCUT2D eigenvalue weighted by molar-refractivity contribution is 14.0. The number of hydrogen-bond donors (Lipinski definition) is 2. The van der Waals surface area contributed by atoms with Gasteiger partial charge in [0.1, 0.15) is 0 Å². The maximum Gasteiger partial charge on any atom is 0.191 e.